The Morgan fingerprint density at radius 3 is 2.67 bits per heavy atom. The summed E-state index contributed by atoms with van der Waals surface area (Å²) < 4.78 is 45.8. The van der Waals surface area contributed by atoms with E-state index in [1.807, 2.05) is 6.07 Å². The molecule has 27 heavy (non-hydrogen) atoms. The van der Waals surface area contributed by atoms with Crippen LogP contribution in [0.15, 0.2) is 53.4 Å². The lowest BCUT2D eigenvalue weighted by molar-refractivity contribution is -0.148. The van der Waals surface area contributed by atoms with Crippen molar-refractivity contribution in [3.8, 4) is 6.07 Å². The Labute approximate surface area is 156 Å². The standard InChI is InChI=1S/C19H17FN2O4S/c20-16-8-3-4-10-18(16)27(24,25)22-11-5-9-17(22)19(23)26-13-15-7-2-1-6-14(15)12-21/h1-4,6-8,10,17H,5,9,11,13H2/t17-/m0/s1. The molecule has 1 saturated heterocycles. The van der Waals surface area contributed by atoms with E-state index in [-0.39, 0.29) is 13.2 Å². The first-order chi connectivity index (χ1) is 12.9. The second-order valence-corrected chi connectivity index (χ2v) is 7.94. The normalized spacial score (nSPS) is 17.4. The molecule has 1 fully saturated rings. The van der Waals surface area contributed by atoms with Crippen molar-refractivity contribution in [3.63, 3.8) is 0 Å². The predicted molar refractivity (Wildman–Crippen MR) is 94.3 cm³/mol. The number of carbonyl (C=O) groups is 1. The van der Waals surface area contributed by atoms with Crippen molar-refractivity contribution in [1.29, 1.82) is 5.26 Å². The molecule has 3 rings (SSSR count). The molecule has 0 bridgehead atoms. The number of hydrogen-bond donors (Lipinski definition) is 0. The van der Waals surface area contributed by atoms with Crippen LogP contribution >= 0.6 is 0 Å². The average Bonchev–Trinajstić information content (AvgIpc) is 3.17. The number of ether oxygens (including phenoxy) is 1. The van der Waals surface area contributed by atoms with Gasteiger partial charge in [-0.2, -0.15) is 9.57 Å². The average molecular weight is 388 g/mol. The van der Waals surface area contributed by atoms with Gasteiger partial charge in [-0.15, -0.1) is 0 Å². The number of halogens is 1. The molecule has 2 aromatic rings. The Balaban J connectivity index is 1.77. The van der Waals surface area contributed by atoms with E-state index in [0.29, 0.717) is 24.0 Å². The molecule has 0 saturated carbocycles. The minimum absolute atomic E-state index is 0.116. The fourth-order valence-corrected chi connectivity index (χ4v) is 4.76. The van der Waals surface area contributed by atoms with Gasteiger partial charge in [0.2, 0.25) is 10.0 Å². The number of nitrogens with zero attached hydrogens (tertiary/aromatic N) is 2. The van der Waals surface area contributed by atoms with Crippen LogP contribution in [0.3, 0.4) is 0 Å². The number of hydrogen-bond acceptors (Lipinski definition) is 5. The molecule has 0 radical (unpaired) electrons. The van der Waals surface area contributed by atoms with Crippen molar-refractivity contribution < 1.29 is 22.3 Å². The van der Waals surface area contributed by atoms with Gasteiger partial charge in [0.1, 0.15) is 23.4 Å². The fraction of sp³-hybridized carbons (Fsp3) is 0.263. The Morgan fingerprint density at radius 1 is 1.22 bits per heavy atom. The number of nitriles is 1. The second-order valence-electron chi connectivity index (χ2n) is 6.08. The Hall–Kier alpha value is -2.76. The third kappa shape index (κ3) is 3.84. The first-order valence-corrected chi connectivity index (χ1v) is 9.80. The van der Waals surface area contributed by atoms with Gasteiger partial charge in [0, 0.05) is 12.1 Å². The van der Waals surface area contributed by atoms with Crippen molar-refractivity contribution in [2.24, 2.45) is 0 Å². The van der Waals surface area contributed by atoms with Crippen LogP contribution in [0.1, 0.15) is 24.0 Å². The van der Waals surface area contributed by atoms with Crippen molar-refractivity contribution in [2.75, 3.05) is 6.54 Å². The maximum Gasteiger partial charge on any atom is 0.324 e. The lowest BCUT2D eigenvalue weighted by atomic mass is 10.1. The summed E-state index contributed by atoms with van der Waals surface area (Å²) in [6.07, 6.45) is 0.772. The zero-order valence-corrected chi connectivity index (χ0v) is 15.2. The zero-order valence-electron chi connectivity index (χ0n) is 14.3. The van der Waals surface area contributed by atoms with E-state index < -0.39 is 32.7 Å². The topological polar surface area (TPSA) is 87.5 Å². The van der Waals surface area contributed by atoms with Crippen molar-refractivity contribution in [2.45, 2.75) is 30.4 Å². The van der Waals surface area contributed by atoms with Crippen LogP contribution in [-0.2, 0) is 26.2 Å². The molecule has 140 valence electrons. The summed E-state index contributed by atoms with van der Waals surface area (Å²) in [5.41, 5.74) is 0.919. The van der Waals surface area contributed by atoms with Crippen LogP contribution < -0.4 is 0 Å². The smallest absolute Gasteiger partial charge is 0.324 e. The molecule has 0 unspecified atom stereocenters. The third-order valence-corrected chi connectivity index (χ3v) is 6.35. The first-order valence-electron chi connectivity index (χ1n) is 8.36. The van der Waals surface area contributed by atoms with Gasteiger partial charge in [-0.05, 0) is 31.0 Å². The van der Waals surface area contributed by atoms with E-state index in [2.05, 4.69) is 0 Å². The van der Waals surface area contributed by atoms with Gasteiger partial charge in [0.25, 0.3) is 0 Å². The molecule has 0 amide bonds. The molecule has 8 heteroatoms. The first kappa shape index (κ1) is 19.0. The summed E-state index contributed by atoms with van der Waals surface area (Å²) in [6.45, 7) is -0.0160. The zero-order chi connectivity index (χ0) is 19.4. The molecular weight excluding hydrogens is 371 g/mol. The highest BCUT2D eigenvalue weighted by molar-refractivity contribution is 7.89. The van der Waals surface area contributed by atoms with Crippen LogP contribution in [0.2, 0.25) is 0 Å². The van der Waals surface area contributed by atoms with Crippen LogP contribution in [0.25, 0.3) is 0 Å². The molecule has 1 heterocycles. The third-order valence-electron chi connectivity index (χ3n) is 4.41. The molecule has 0 N–H and O–H groups in total. The Kier molecular flexibility index (Phi) is 5.54. The summed E-state index contributed by atoms with van der Waals surface area (Å²) in [7, 11) is -4.15. The monoisotopic (exact) mass is 388 g/mol. The summed E-state index contributed by atoms with van der Waals surface area (Å²) in [6, 6.07) is 12.7. The molecule has 1 aliphatic rings. The largest absolute Gasteiger partial charge is 0.460 e. The second kappa shape index (κ2) is 7.86. The maximum absolute atomic E-state index is 14.0. The van der Waals surface area contributed by atoms with Crippen molar-refractivity contribution >= 4 is 16.0 Å². The number of esters is 1. The summed E-state index contributed by atoms with van der Waals surface area (Å²) >= 11 is 0. The molecule has 0 aromatic heterocycles. The van der Waals surface area contributed by atoms with Gasteiger partial charge >= 0.3 is 5.97 Å². The van der Waals surface area contributed by atoms with E-state index >= 15 is 0 Å². The minimum atomic E-state index is -4.15. The number of carbonyl (C=O) groups excluding carboxylic acids is 1. The van der Waals surface area contributed by atoms with E-state index in [1.54, 1.807) is 24.3 Å². The van der Waals surface area contributed by atoms with Crippen LogP contribution in [0.4, 0.5) is 4.39 Å². The summed E-state index contributed by atoms with van der Waals surface area (Å²) in [5.74, 6) is -1.57. The fourth-order valence-electron chi connectivity index (χ4n) is 3.04. The molecule has 6 nitrogen and oxygen atoms in total. The van der Waals surface area contributed by atoms with E-state index in [9.17, 15) is 17.6 Å². The van der Waals surface area contributed by atoms with Crippen LogP contribution in [0.5, 0.6) is 0 Å². The number of rotatable bonds is 5. The Bertz CT molecular complexity index is 1000. The van der Waals surface area contributed by atoms with Crippen molar-refractivity contribution in [3.05, 3.63) is 65.5 Å². The molecule has 2 aromatic carbocycles. The highest BCUT2D eigenvalue weighted by Gasteiger charge is 2.41. The molecule has 0 aliphatic carbocycles. The van der Waals surface area contributed by atoms with Gasteiger partial charge in [0.15, 0.2) is 0 Å². The lowest BCUT2D eigenvalue weighted by Gasteiger charge is -2.23. The highest BCUT2D eigenvalue weighted by Crippen LogP contribution is 2.28. The Morgan fingerprint density at radius 2 is 1.93 bits per heavy atom. The van der Waals surface area contributed by atoms with Gasteiger partial charge in [-0.3, -0.25) is 4.79 Å². The van der Waals surface area contributed by atoms with E-state index in [0.717, 1.165) is 10.4 Å². The molecule has 1 aliphatic heterocycles. The molecular formula is C19H17FN2O4S. The van der Waals surface area contributed by atoms with Gasteiger partial charge in [-0.1, -0.05) is 30.3 Å². The van der Waals surface area contributed by atoms with Crippen LogP contribution in [0, 0.1) is 17.1 Å². The molecule has 1 atom stereocenters. The maximum atomic E-state index is 14.0. The predicted octanol–water partition coefficient (Wildman–Crippen LogP) is 2.59. The molecule has 0 spiro atoms. The van der Waals surface area contributed by atoms with Crippen LogP contribution in [-0.4, -0.2) is 31.3 Å². The minimum Gasteiger partial charge on any atom is -0.460 e. The number of benzene rings is 2. The lowest BCUT2D eigenvalue weighted by Crippen LogP contribution is -2.41. The highest BCUT2D eigenvalue weighted by atomic mass is 32.2. The van der Waals surface area contributed by atoms with Gasteiger partial charge in [0.05, 0.1) is 11.6 Å². The van der Waals surface area contributed by atoms with Crippen molar-refractivity contribution in [1.82, 2.24) is 4.31 Å². The van der Waals surface area contributed by atoms with Gasteiger partial charge < -0.3 is 4.74 Å². The summed E-state index contributed by atoms with van der Waals surface area (Å²) in [5, 5.41) is 9.08. The van der Waals surface area contributed by atoms with Gasteiger partial charge in [-0.25, -0.2) is 12.8 Å². The van der Waals surface area contributed by atoms with E-state index in [4.69, 9.17) is 10.00 Å². The summed E-state index contributed by atoms with van der Waals surface area (Å²) in [4.78, 5) is 12.0. The van der Waals surface area contributed by atoms with E-state index in [1.165, 1.54) is 18.2 Å². The SMILES string of the molecule is N#Cc1ccccc1COC(=O)[C@@H]1CCCN1S(=O)(=O)c1ccccc1F. The quantitative estimate of drug-likeness (QED) is 0.735. The number of sulfonamides is 1.